The second-order valence-electron chi connectivity index (χ2n) is 8.15. The molecule has 1 heterocycles. The Morgan fingerprint density at radius 3 is 2.45 bits per heavy atom. The van der Waals surface area contributed by atoms with E-state index in [-0.39, 0.29) is 32.3 Å². The average Bonchev–Trinajstić information content (AvgIpc) is 2.71. The molecule has 170 valence electrons. The number of carbonyl (C=O) groups excluding carboxylic acids is 3. The fourth-order valence-corrected chi connectivity index (χ4v) is 2.81. The van der Waals surface area contributed by atoms with Gasteiger partial charge in [0.25, 0.3) is 5.91 Å². The van der Waals surface area contributed by atoms with Crippen LogP contribution in [0.5, 0.6) is 0 Å². The molecule has 0 saturated carbocycles. The first-order chi connectivity index (χ1) is 14.5. The minimum Gasteiger partial charge on any atom is -0.444 e. The number of amides is 3. The Hall–Kier alpha value is -3.14. The number of nitrogens with zero attached hydrogens (tertiary/aromatic N) is 4. The Balaban J connectivity index is 2.22. The standard InChI is InChI=1S/C21H30N4O6/c1-21(2,3)31-19(28)24(5)16-13-25(18(22-17(16)27)23(4)11-12-26)20(29)30-14-15-9-7-6-8-10-15/h6-10,16,26H,11-14H2,1-5H3. The van der Waals surface area contributed by atoms with Gasteiger partial charge >= 0.3 is 12.2 Å². The van der Waals surface area contributed by atoms with E-state index in [1.807, 2.05) is 30.3 Å². The summed E-state index contributed by atoms with van der Waals surface area (Å²) in [6.07, 6.45) is -1.42. The Kier molecular flexibility index (Phi) is 7.98. The maximum atomic E-state index is 12.9. The smallest absolute Gasteiger partial charge is 0.417 e. The molecule has 0 fully saturated rings. The van der Waals surface area contributed by atoms with E-state index in [1.165, 1.54) is 16.8 Å². The van der Waals surface area contributed by atoms with Crippen molar-refractivity contribution in [1.82, 2.24) is 14.7 Å². The van der Waals surface area contributed by atoms with Gasteiger partial charge in [-0.3, -0.25) is 9.69 Å². The number of carbonyl (C=O) groups is 3. The van der Waals surface area contributed by atoms with Crippen LogP contribution in [0.4, 0.5) is 9.59 Å². The number of ether oxygens (including phenoxy) is 2. The molecule has 1 aromatic rings. The summed E-state index contributed by atoms with van der Waals surface area (Å²) in [6.45, 7) is 4.99. The van der Waals surface area contributed by atoms with Crippen molar-refractivity contribution in [2.75, 3.05) is 33.8 Å². The van der Waals surface area contributed by atoms with Gasteiger partial charge in [-0.25, -0.2) is 14.5 Å². The van der Waals surface area contributed by atoms with Crippen LogP contribution in [0.3, 0.4) is 0 Å². The van der Waals surface area contributed by atoms with Crippen molar-refractivity contribution in [3.8, 4) is 0 Å². The zero-order chi connectivity index (χ0) is 23.2. The molecule has 0 saturated heterocycles. The van der Waals surface area contributed by atoms with Crippen LogP contribution in [0.15, 0.2) is 35.3 Å². The van der Waals surface area contributed by atoms with E-state index in [1.54, 1.807) is 27.8 Å². The summed E-state index contributed by atoms with van der Waals surface area (Å²) in [6, 6.07) is 8.11. The van der Waals surface area contributed by atoms with Crippen molar-refractivity contribution in [1.29, 1.82) is 0 Å². The van der Waals surface area contributed by atoms with Crippen LogP contribution in [0.1, 0.15) is 26.3 Å². The molecule has 1 aliphatic rings. The molecule has 2 rings (SSSR count). The number of rotatable bonds is 5. The van der Waals surface area contributed by atoms with Gasteiger partial charge in [-0.2, -0.15) is 4.99 Å². The SMILES string of the molecule is CN(CCO)C1=NC(=O)C(N(C)C(=O)OC(C)(C)C)CN1C(=O)OCc1ccccc1. The van der Waals surface area contributed by atoms with Crippen LogP contribution in [-0.2, 0) is 20.9 Å². The van der Waals surface area contributed by atoms with Crippen LogP contribution in [0.2, 0.25) is 0 Å². The van der Waals surface area contributed by atoms with Crippen LogP contribution in [0.25, 0.3) is 0 Å². The first-order valence-corrected chi connectivity index (χ1v) is 9.92. The Bertz CT molecular complexity index is 821. The van der Waals surface area contributed by atoms with Gasteiger partial charge in [0.15, 0.2) is 0 Å². The van der Waals surface area contributed by atoms with Gasteiger partial charge in [0.1, 0.15) is 18.2 Å². The third-order valence-corrected chi connectivity index (χ3v) is 4.44. The van der Waals surface area contributed by atoms with Crippen molar-refractivity contribution in [2.45, 2.75) is 39.0 Å². The summed E-state index contributed by atoms with van der Waals surface area (Å²) in [7, 11) is 3.01. The summed E-state index contributed by atoms with van der Waals surface area (Å²) in [5.41, 5.74) is 0.0567. The molecule has 10 heteroatoms. The average molecular weight is 434 g/mol. The molecule has 0 aromatic heterocycles. The van der Waals surface area contributed by atoms with Gasteiger partial charge in [-0.05, 0) is 26.3 Å². The number of aliphatic imine (C=N–C) groups is 1. The first kappa shape index (κ1) is 24.1. The van der Waals surface area contributed by atoms with Gasteiger partial charge < -0.3 is 19.5 Å². The van der Waals surface area contributed by atoms with Gasteiger partial charge in [0.05, 0.1) is 13.2 Å². The maximum absolute atomic E-state index is 12.9. The van der Waals surface area contributed by atoms with E-state index in [0.29, 0.717) is 0 Å². The Labute approximate surface area is 182 Å². The molecule has 1 aromatic carbocycles. The first-order valence-electron chi connectivity index (χ1n) is 9.92. The summed E-state index contributed by atoms with van der Waals surface area (Å²) < 4.78 is 10.7. The molecule has 10 nitrogen and oxygen atoms in total. The molecule has 3 amide bonds. The topological polar surface area (TPSA) is 112 Å². The quantitative estimate of drug-likeness (QED) is 0.750. The molecule has 31 heavy (non-hydrogen) atoms. The molecule has 1 aliphatic heterocycles. The molecular weight excluding hydrogens is 404 g/mol. The highest BCUT2D eigenvalue weighted by Gasteiger charge is 2.40. The highest BCUT2D eigenvalue weighted by Crippen LogP contribution is 2.17. The molecule has 0 bridgehead atoms. The van der Waals surface area contributed by atoms with E-state index in [2.05, 4.69) is 4.99 Å². The number of benzene rings is 1. The third-order valence-electron chi connectivity index (χ3n) is 4.44. The number of likely N-dealkylation sites (N-methyl/N-ethyl adjacent to an activating group) is 2. The molecule has 1 atom stereocenters. The minimum absolute atomic E-state index is 0.0354. The summed E-state index contributed by atoms with van der Waals surface area (Å²) in [5, 5.41) is 9.25. The van der Waals surface area contributed by atoms with E-state index < -0.39 is 29.7 Å². The number of aliphatic hydroxyl groups is 1. The third kappa shape index (κ3) is 6.68. The number of hydrogen-bond donors (Lipinski definition) is 1. The number of hydrogen-bond acceptors (Lipinski definition) is 7. The van der Waals surface area contributed by atoms with E-state index >= 15 is 0 Å². The van der Waals surface area contributed by atoms with Crippen molar-refractivity contribution in [3.63, 3.8) is 0 Å². The molecule has 0 radical (unpaired) electrons. The minimum atomic E-state index is -1.04. The van der Waals surface area contributed by atoms with E-state index in [4.69, 9.17) is 9.47 Å². The largest absolute Gasteiger partial charge is 0.444 e. The molecule has 0 aliphatic carbocycles. The highest BCUT2D eigenvalue weighted by atomic mass is 16.6. The Morgan fingerprint density at radius 1 is 1.23 bits per heavy atom. The molecule has 0 spiro atoms. The summed E-state index contributed by atoms with van der Waals surface area (Å²) in [5.74, 6) is -0.550. The fraction of sp³-hybridized carbons (Fsp3) is 0.524. The number of guanidine groups is 1. The fourth-order valence-electron chi connectivity index (χ4n) is 2.81. The lowest BCUT2D eigenvalue weighted by Gasteiger charge is -2.37. The van der Waals surface area contributed by atoms with Crippen LogP contribution in [-0.4, -0.2) is 89.3 Å². The zero-order valence-corrected chi connectivity index (χ0v) is 18.6. The normalized spacial score (nSPS) is 16.5. The summed E-state index contributed by atoms with van der Waals surface area (Å²) >= 11 is 0. The van der Waals surface area contributed by atoms with E-state index in [9.17, 15) is 19.5 Å². The maximum Gasteiger partial charge on any atom is 0.417 e. The van der Waals surface area contributed by atoms with Gasteiger partial charge in [0, 0.05) is 20.6 Å². The predicted molar refractivity (Wildman–Crippen MR) is 113 cm³/mol. The van der Waals surface area contributed by atoms with Gasteiger partial charge in [-0.1, -0.05) is 30.3 Å². The van der Waals surface area contributed by atoms with E-state index in [0.717, 1.165) is 10.5 Å². The van der Waals surface area contributed by atoms with Crippen molar-refractivity contribution >= 4 is 24.1 Å². The summed E-state index contributed by atoms with van der Waals surface area (Å²) in [4.78, 5) is 45.7. The van der Waals surface area contributed by atoms with Crippen molar-refractivity contribution < 1.29 is 29.0 Å². The lowest BCUT2D eigenvalue weighted by molar-refractivity contribution is -0.123. The van der Waals surface area contributed by atoms with Crippen molar-refractivity contribution in [2.24, 2.45) is 4.99 Å². The molecule has 1 unspecified atom stereocenters. The number of aliphatic hydroxyl groups excluding tert-OH is 1. The monoisotopic (exact) mass is 434 g/mol. The second-order valence-corrected chi connectivity index (χ2v) is 8.15. The molecule has 1 N–H and O–H groups in total. The van der Waals surface area contributed by atoms with Crippen LogP contribution in [0, 0.1) is 0 Å². The Morgan fingerprint density at radius 2 is 1.87 bits per heavy atom. The highest BCUT2D eigenvalue weighted by molar-refractivity contribution is 6.05. The second kappa shape index (κ2) is 10.3. The molecular formula is C21H30N4O6. The zero-order valence-electron chi connectivity index (χ0n) is 18.6. The van der Waals surface area contributed by atoms with Gasteiger partial charge in [0.2, 0.25) is 5.96 Å². The lowest BCUT2D eigenvalue weighted by atomic mass is 10.2. The van der Waals surface area contributed by atoms with Gasteiger partial charge in [-0.15, -0.1) is 0 Å². The van der Waals surface area contributed by atoms with Crippen molar-refractivity contribution in [3.05, 3.63) is 35.9 Å². The van der Waals surface area contributed by atoms with Crippen LogP contribution < -0.4 is 0 Å². The van der Waals surface area contributed by atoms with Crippen LogP contribution >= 0.6 is 0 Å². The predicted octanol–water partition coefficient (Wildman–Crippen LogP) is 1.68. The lowest BCUT2D eigenvalue weighted by Crippen LogP contribution is -2.59.